The number of para-hydroxylation sites is 1. The second-order valence-corrected chi connectivity index (χ2v) is 3.54. The molecule has 0 amide bonds. The van der Waals surface area contributed by atoms with E-state index in [-0.39, 0.29) is 28.6 Å². The molecule has 0 saturated heterocycles. The Balaban J connectivity index is 2.37. The summed E-state index contributed by atoms with van der Waals surface area (Å²) in [6.07, 6.45) is 2.65. The van der Waals surface area contributed by atoms with Gasteiger partial charge in [-0.25, -0.2) is 4.68 Å². The van der Waals surface area contributed by atoms with E-state index in [9.17, 15) is 14.7 Å². The number of carbonyl (C=O) groups is 2. The molecular formula is C12H10N2O3. The summed E-state index contributed by atoms with van der Waals surface area (Å²) in [5.41, 5.74) is 0.456. The van der Waals surface area contributed by atoms with E-state index in [1.54, 1.807) is 12.1 Å². The van der Waals surface area contributed by atoms with Crippen LogP contribution in [0.5, 0.6) is 5.75 Å². The maximum atomic E-state index is 12.0. The van der Waals surface area contributed by atoms with Gasteiger partial charge in [-0.3, -0.25) is 9.59 Å². The molecule has 1 heterocycles. The molecule has 5 nitrogen and oxygen atoms in total. The second kappa shape index (κ2) is 4.21. The topological polar surface area (TPSA) is 72.2 Å². The molecule has 17 heavy (non-hydrogen) atoms. The Morgan fingerprint density at radius 2 is 2.00 bits per heavy atom. The number of aromatic nitrogens is 2. The Morgan fingerprint density at radius 3 is 2.59 bits per heavy atom. The van der Waals surface area contributed by atoms with Crippen LogP contribution in [-0.4, -0.2) is 26.6 Å². The minimum Gasteiger partial charge on any atom is -0.507 e. The Morgan fingerprint density at radius 1 is 1.29 bits per heavy atom. The van der Waals surface area contributed by atoms with Crippen LogP contribution in [0.3, 0.4) is 0 Å². The summed E-state index contributed by atoms with van der Waals surface area (Å²) in [5.74, 6) is -0.731. The zero-order chi connectivity index (χ0) is 12.4. The van der Waals surface area contributed by atoms with Crippen molar-refractivity contribution in [3.63, 3.8) is 0 Å². The average molecular weight is 230 g/mol. The molecule has 0 unspecified atom stereocenters. The zero-order valence-electron chi connectivity index (χ0n) is 9.12. The third-order valence-corrected chi connectivity index (χ3v) is 2.32. The van der Waals surface area contributed by atoms with Gasteiger partial charge < -0.3 is 5.11 Å². The van der Waals surface area contributed by atoms with Gasteiger partial charge in [-0.05, 0) is 12.1 Å². The minimum absolute atomic E-state index is 0.0897. The van der Waals surface area contributed by atoms with Crippen LogP contribution in [0.25, 0.3) is 0 Å². The molecule has 2 rings (SSSR count). The van der Waals surface area contributed by atoms with E-state index in [1.807, 2.05) is 0 Å². The van der Waals surface area contributed by atoms with E-state index < -0.39 is 0 Å². The Labute approximate surface area is 97.3 Å². The fourth-order valence-electron chi connectivity index (χ4n) is 1.43. The van der Waals surface area contributed by atoms with Gasteiger partial charge >= 0.3 is 0 Å². The smallest absolute Gasteiger partial charge is 0.243 e. The summed E-state index contributed by atoms with van der Waals surface area (Å²) < 4.78 is 1.08. The zero-order valence-corrected chi connectivity index (χ0v) is 9.12. The van der Waals surface area contributed by atoms with Crippen LogP contribution in [0.2, 0.25) is 0 Å². The maximum Gasteiger partial charge on any atom is 0.243 e. The molecule has 0 spiro atoms. The number of carbonyl (C=O) groups excluding carboxylic acids is 2. The molecule has 0 bridgehead atoms. The largest absolute Gasteiger partial charge is 0.507 e. The first kappa shape index (κ1) is 11.1. The van der Waals surface area contributed by atoms with Gasteiger partial charge in [0.15, 0.2) is 5.78 Å². The third kappa shape index (κ3) is 2.08. The number of rotatable bonds is 2. The lowest BCUT2D eigenvalue weighted by Crippen LogP contribution is -2.05. The first-order chi connectivity index (χ1) is 8.09. The first-order valence-corrected chi connectivity index (χ1v) is 4.98. The van der Waals surface area contributed by atoms with Crippen molar-refractivity contribution in [2.24, 2.45) is 0 Å². The van der Waals surface area contributed by atoms with Gasteiger partial charge in [0, 0.05) is 13.1 Å². The lowest BCUT2D eigenvalue weighted by atomic mass is 10.1. The van der Waals surface area contributed by atoms with E-state index in [2.05, 4.69) is 5.10 Å². The maximum absolute atomic E-state index is 12.0. The highest BCUT2D eigenvalue weighted by atomic mass is 16.3. The van der Waals surface area contributed by atoms with Gasteiger partial charge in [0.25, 0.3) is 0 Å². The monoisotopic (exact) mass is 230 g/mol. The van der Waals surface area contributed by atoms with Crippen molar-refractivity contribution in [1.82, 2.24) is 9.78 Å². The number of aromatic hydroxyl groups is 1. The number of benzene rings is 1. The van der Waals surface area contributed by atoms with E-state index in [0.29, 0.717) is 0 Å². The molecule has 1 aromatic heterocycles. The number of phenols is 1. The molecule has 1 N–H and O–H groups in total. The van der Waals surface area contributed by atoms with E-state index in [1.165, 1.54) is 31.5 Å². The van der Waals surface area contributed by atoms with Crippen molar-refractivity contribution in [3.05, 3.63) is 47.8 Å². The number of hydrogen-bond acceptors (Lipinski definition) is 4. The van der Waals surface area contributed by atoms with Crippen LogP contribution in [0.1, 0.15) is 27.6 Å². The molecule has 86 valence electrons. The van der Waals surface area contributed by atoms with Crippen molar-refractivity contribution in [1.29, 1.82) is 0 Å². The number of hydrogen-bond donors (Lipinski definition) is 1. The van der Waals surface area contributed by atoms with Crippen molar-refractivity contribution >= 4 is 11.7 Å². The van der Waals surface area contributed by atoms with Crippen molar-refractivity contribution in [2.45, 2.75) is 6.92 Å². The quantitative estimate of drug-likeness (QED) is 0.793. The van der Waals surface area contributed by atoms with Crippen LogP contribution in [-0.2, 0) is 0 Å². The normalized spacial score (nSPS) is 10.2. The summed E-state index contributed by atoms with van der Waals surface area (Å²) in [6, 6.07) is 6.23. The molecule has 0 aliphatic carbocycles. The molecule has 0 aliphatic rings. The van der Waals surface area contributed by atoms with Gasteiger partial charge in [-0.15, -0.1) is 0 Å². The summed E-state index contributed by atoms with van der Waals surface area (Å²) in [7, 11) is 0. The van der Waals surface area contributed by atoms with Crippen molar-refractivity contribution in [2.75, 3.05) is 0 Å². The van der Waals surface area contributed by atoms with Crippen LogP contribution in [0, 0.1) is 0 Å². The van der Waals surface area contributed by atoms with Gasteiger partial charge in [-0.2, -0.15) is 5.10 Å². The summed E-state index contributed by atoms with van der Waals surface area (Å²) in [4.78, 5) is 23.0. The highest BCUT2D eigenvalue weighted by Gasteiger charge is 2.15. The second-order valence-electron chi connectivity index (χ2n) is 3.54. The highest BCUT2D eigenvalue weighted by Crippen LogP contribution is 2.19. The van der Waals surface area contributed by atoms with Crippen LogP contribution in [0.15, 0.2) is 36.7 Å². The first-order valence-electron chi connectivity index (χ1n) is 4.98. The Kier molecular flexibility index (Phi) is 2.74. The molecule has 5 heteroatoms. The Hall–Kier alpha value is -2.43. The number of nitrogens with zero attached hydrogens (tertiary/aromatic N) is 2. The molecule has 0 radical (unpaired) electrons. The van der Waals surface area contributed by atoms with Crippen LogP contribution < -0.4 is 0 Å². The standard InChI is InChI=1S/C12H10N2O3/c1-8(15)14-7-9(6-13-14)12(17)10-4-2-3-5-11(10)16/h2-7,16H,1H3. The van der Waals surface area contributed by atoms with Crippen LogP contribution >= 0.6 is 0 Å². The van der Waals surface area contributed by atoms with Gasteiger partial charge in [0.1, 0.15) is 5.75 Å². The van der Waals surface area contributed by atoms with E-state index in [4.69, 9.17) is 0 Å². The number of phenolic OH excluding ortho intramolecular Hbond substituents is 1. The van der Waals surface area contributed by atoms with Gasteiger partial charge in [-0.1, -0.05) is 12.1 Å². The Bertz CT molecular complexity index is 587. The molecule has 0 aliphatic heterocycles. The van der Waals surface area contributed by atoms with Gasteiger partial charge in [0.2, 0.25) is 5.91 Å². The predicted octanol–water partition coefficient (Wildman–Crippen LogP) is 1.48. The minimum atomic E-state index is -0.365. The summed E-state index contributed by atoms with van der Waals surface area (Å²) in [5, 5.41) is 13.3. The lowest BCUT2D eigenvalue weighted by molar-refractivity contribution is 0.0921. The highest BCUT2D eigenvalue weighted by molar-refractivity contribution is 6.10. The molecule has 1 aromatic carbocycles. The van der Waals surface area contributed by atoms with E-state index >= 15 is 0 Å². The third-order valence-electron chi connectivity index (χ3n) is 2.32. The lowest BCUT2D eigenvalue weighted by Gasteiger charge is -2.00. The summed E-state index contributed by atoms with van der Waals surface area (Å²) >= 11 is 0. The predicted molar refractivity (Wildman–Crippen MR) is 60.1 cm³/mol. The molecule has 0 fully saturated rings. The fourth-order valence-corrected chi connectivity index (χ4v) is 1.43. The fraction of sp³-hybridized carbons (Fsp3) is 0.0833. The van der Waals surface area contributed by atoms with E-state index in [0.717, 1.165) is 4.68 Å². The number of ketones is 1. The van der Waals surface area contributed by atoms with Gasteiger partial charge in [0.05, 0.1) is 17.3 Å². The molecule has 0 atom stereocenters. The molecule has 2 aromatic rings. The average Bonchev–Trinajstić information content (AvgIpc) is 2.78. The summed E-state index contributed by atoms with van der Waals surface area (Å²) in [6.45, 7) is 1.35. The van der Waals surface area contributed by atoms with Crippen molar-refractivity contribution < 1.29 is 14.7 Å². The SMILES string of the molecule is CC(=O)n1cc(C(=O)c2ccccc2O)cn1. The van der Waals surface area contributed by atoms with Crippen molar-refractivity contribution in [3.8, 4) is 5.75 Å². The van der Waals surface area contributed by atoms with Crippen LogP contribution in [0.4, 0.5) is 0 Å². The molecule has 0 saturated carbocycles. The molecular weight excluding hydrogens is 220 g/mol.